The standard InChI is InChI=1S/C15H17ClN2O/c16-11-4-5-12-13(6-7-17-14(12)8-11)18-9-10-2-1-3-15(10)19/h4-8,10,15,19H,1-3,9H2,(H,17,18)/t10-,15+/m1/s1. The van der Waals surface area contributed by atoms with Gasteiger partial charge in [-0.1, -0.05) is 18.0 Å². The highest BCUT2D eigenvalue weighted by Gasteiger charge is 2.24. The van der Waals surface area contributed by atoms with Crippen LogP contribution in [0.4, 0.5) is 5.69 Å². The number of nitrogens with zero attached hydrogens (tertiary/aromatic N) is 1. The van der Waals surface area contributed by atoms with Gasteiger partial charge in [-0.05, 0) is 37.1 Å². The molecule has 4 heteroatoms. The molecule has 2 atom stereocenters. The van der Waals surface area contributed by atoms with E-state index in [1.807, 2.05) is 24.3 Å². The Morgan fingerprint density at radius 1 is 1.32 bits per heavy atom. The molecule has 3 nitrogen and oxygen atoms in total. The van der Waals surface area contributed by atoms with Gasteiger partial charge in [-0.2, -0.15) is 0 Å². The lowest BCUT2D eigenvalue weighted by Crippen LogP contribution is -2.21. The SMILES string of the molecule is O[C@H]1CCC[C@@H]1CNc1ccnc2cc(Cl)ccc12. The molecule has 1 aromatic carbocycles. The van der Waals surface area contributed by atoms with Gasteiger partial charge in [0.15, 0.2) is 0 Å². The van der Waals surface area contributed by atoms with E-state index in [4.69, 9.17) is 11.6 Å². The Bertz CT molecular complexity index is 587. The summed E-state index contributed by atoms with van der Waals surface area (Å²) < 4.78 is 0. The molecule has 2 N–H and O–H groups in total. The number of hydrogen-bond acceptors (Lipinski definition) is 3. The number of halogens is 1. The fourth-order valence-electron chi connectivity index (χ4n) is 2.77. The highest BCUT2D eigenvalue weighted by atomic mass is 35.5. The minimum absolute atomic E-state index is 0.157. The Hall–Kier alpha value is -1.32. The van der Waals surface area contributed by atoms with Gasteiger partial charge in [-0.15, -0.1) is 0 Å². The number of fused-ring (bicyclic) bond motifs is 1. The molecule has 0 aliphatic heterocycles. The van der Waals surface area contributed by atoms with Gasteiger partial charge in [-0.25, -0.2) is 0 Å². The molecule has 0 saturated heterocycles. The molecule has 0 spiro atoms. The Balaban J connectivity index is 1.81. The lowest BCUT2D eigenvalue weighted by molar-refractivity contribution is 0.138. The molecular weight excluding hydrogens is 260 g/mol. The molecule has 0 amide bonds. The summed E-state index contributed by atoms with van der Waals surface area (Å²) in [7, 11) is 0. The fraction of sp³-hybridized carbons (Fsp3) is 0.400. The van der Waals surface area contributed by atoms with Crippen LogP contribution in [-0.2, 0) is 0 Å². The van der Waals surface area contributed by atoms with Crippen molar-refractivity contribution >= 4 is 28.2 Å². The van der Waals surface area contributed by atoms with Crippen LogP contribution in [0.3, 0.4) is 0 Å². The quantitative estimate of drug-likeness (QED) is 0.902. The summed E-state index contributed by atoms with van der Waals surface area (Å²) in [5, 5.41) is 15.0. The predicted molar refractivity (Wildman–Crippen MR) is 78.6 cm³/mol. The van der Waals surface area contributed by atoms with Gasteiger partial charge in [0, 0.05) is 34.8 Å². The maximum Gasteiger partial charge on any atom is 0.0737 e. The Labute approximate surface area is 117 Å². The van der Waals surface area contributed by atoms with Crippen LogP contribution in [0, 0.1) is 5.92 Å². The minimum atomic E-state index is -0.157. The van der Waals surface area contributed by atoms with Gasteiger partial charge in [0.1, 0.15) is 0 Å². The van der Waals surface area contributed by atoms with E-state index in [0.29, 0.717) is 10.9 Å². The lowest BCUT2D eigenvalue weighted by Gasteiger charge is -2.17. The first-order valence-corrected chi connectivity index (χ1v) is 7.08. The number of hydrogen-bond donors (Lipinski definition) is 2. The zero-order valence-corrected chi connectivity index (χ0v) is 11.4. The molecule has 1 aliphatic rings. The van der Waals surface area contributed by atoms with Crippen molar-refractivity contribution in [2.24, 2.45) is 5.92 Å². The summed E-state index contributed by atoms with van der Waals surface area (Å²) in [6.07, 6.45) is 4.78. The molecular formula is C15H17ClN2O. The number of aromatic nitrogens is 1. The van der Waals surface area contributed by atoms with Crippen molar-refractivity contribution in [3.05, 3.63) is 35.5 Å². The molecule has 1 saturated carbocycles. The van der Waals surface area contributed by atoms with Crippen LogP contribution in [0.1, 0.15) is 19.3 Å². The van der Waals surface area contributed by atoms with Crippen LogP contribution in [-0.4, -0.2) is 22.7 Å². The van der Waals surface area contributed by atoms with Gasteiger partial charge < -0.3 is 10.4 Å². The third-order valence-electron chi connectivity index (χ3n) is 3.88. The average Bonchev–Trinajstić information content (AvgIpc) is 2.81. The molecule has 1 aliphatic carbocycles. The van der Waals surface area contributed by atoms with Crippen LogP contribution >= 0.6 is 11.6 Å². The van der Waals surface area contributed by atoms with Crippen LogP contribution in [0.2, 0.25) is 5.02 Å². The van der Waals surface area contributed by atoms with Crippen molar-refractivity contribution in [3.8, 4) is 0 Å². The van der Waals surface area contributed by atoms with E-state index < -0.39 is 0 Å². The molecule has 0 bridgehead atoms. The van der Waals surface area contributed by atoms with E-state index in [-0.39, 0.29) is 6.10 Å². The summed E-state index contributed by atoms with van der Waals surface area (Å²) in [5.74, 6) is 0.357. The number of anilines is 1. The van der Waals surface area contributed by atoms with Crippen LogP contribution in [0.25, 0.3) is 10.9 Å². The maximum absolute atomic E-state index is 9.85. The molecule has 19 heavy (non-hydrogen) atoms. The van der Waals surface area contributed by atoms with Crippen LogP contribution in [0.5, 0.6) is 0 Å². The van der Waals surface area contributed by atoms with E-state index >= 15 is 0 Å². The average molecular weight is 277 g/mol. The summed E-state index contributed by atoms with van der Waals surface area (Å²) in [5.41, 5.74) is 1.95. The first-order valence-electron chi connectivity index (χ1n) is 6.70. The summed E-state index contributed by atoms with van der Waals surface area (Å²) >= 11 is 5.98. The highest BCUT2D eigenvalue weighted by molar-refractivity contribution is 6.31. The van der Waals surface area contributed by atoms with E-state index in [1.54, 1.807) is 6.20 Å². The molecule has 3 rings (SSSR count). The number of nitrogens with one attached hydrogen (secondary N) is 1. The molecule has 2 aromatic rings. The van der Waals surface area contributed by atoms with Crippen molar-refractivity contribution in [2.75, 3.05) is 11.9 Å². The summed E-state index contributed by atoms with van der Waals surface area (Å²) in [6, 6.07) is 7.70. The second kappa shape index (κ2) is 5.35. The molecule has 1 heterocycles. The van der Waals surface area contributed by atoms with E-state index in [1.165, 1.54) is 0 Å². The van der Waals surface area contributed by atoms with Crippen molar-refractivity contribution in [1.82, 2.24) is 4.98 Å². The Morgan fingerprint density at radius 2 is 2.21 bits per heavy atom. The Morgan fingerprint density at radius 3 is 3.00 bits per heavy atom. The first-order chi connectivity index (χ1) is 9.24. The fourth-order valence-corrected chi connectivity index (χ4v) is 2.94. The van der Waals surface area contributed by atoms with Crippen LogP contribution < -0.4 is 5.32 Å². The van der Waals surface area contributed by atoms with Gasteiger partial charge in [0.25, 0.3) is 0 Å². The molecule has 0 radical (unpaired) electrons. The largest absolute Gasteiger partial charge is 0.393 e. The first kappa shape index (κ1) is 12.7. The molecule has 1 aromatic heterocycles. The van der Waals surface area contributed by atoms with Crippen molar-refractivity contribution in [2.45, 2.75) is 25.4 Å². The van der Waals surface area contributed by atoms with Gasteiger partial charge in [0.2, 0.25) is 0 Å². The van der Waals surface area contributed by atoms with Gasteiger partial charge >= 0.3 is 0 Å². The second-order valence-corrected chi connectivity index (χ2v) is 5.60. The topological polar surface area (TPSA) is 45.1 Å². The van der Waals surface area contributed by atoms with Crippen molar-refractivity contribution < 1.29 is 5.11 Å². The predicted octanol–water partition coefficient (Wildman–Crippen LogP) is 3.46. The third-order valence-corrected chi connectivity index (χ3v) is 4.11. The Kier molecular flexibility index (Phi) is 3.58. The zero-order chi connectivity index (χ0) is 13.2. The zero-order valence-electron chi connectivity index (χ0n) is 10.6. The highest BCUT2D eigenvalue weighted by Crippen LogP contribution is 2.28. The smallest absolute Gasteiger partial charge is 0.0737 e. The monoisotopic (exact) mass is 276 g/mol. The molecule has 0 unspecified atom stereocenters. The maximum atomic E-state index is 9.85. The number of aliphatic hydroxyl groups is 1. The lowest BCUT2D eigenvalue weighted by atomic mass is 10.1. The van der Waals surface area contributed by atoms with Crippen molar-refractivity contribution in [1.29, 1.82) is 0 Å². The van der Waals surface area contributed by atoms with Gasteiger partial charge in [-0.3, -0.25) is 4.98 Å². The second-order valence-electron chi connectivity index (χ2n) is 5.16. The number of aliphatic hydroxyl groups excluding tert-OH is 1. The van der Waals surface area contributed by atoms with Crippen molar-refractivity contribution in [3.63, 3.8) is 0 Å². The van der Waals surface area contributed by atoms with Crippen LogP contribution in [0.15, 0.2) is 30.5 Å². The molecule has 100 valence electrons. The minimum Gasteiger partial charge on any atom is -0.393 e. The third kappa shape index (κ3) is 2.67. The number of rotatable bonds is 3. The van der Waals surface area contributed by atoms with E-state index in [0.717, 1.165) is 42.4 Å². The normalized spacial score (nSPS) is 22.8. The molecule has 1 fully saturated rings. The summed E-state index contributed by atoms with van der Waals surface area (Å²) in [4.78, 5) is 4.32. The van der Waals surface area contributed by atoms with Gasteiger partial charge in [0.05, 0.1) is 11.6 Å². The van der Waals surface area contributed by atoms with E-state index in [2.05, 4.69) is 10.3 Å². The van der Waals surface area contributed by atoms with E-state index in [9.17, 15) is 5.11 Å². The number of pyridine rings is 1. The summed E-state index contributed by atoms with van der Waals surface area (Å²) in [6.45, 7) is 0.808. The number of benzene rings is 1.